The smallest absolute Gasteiger partial charge is 0.188 e. The molecule has 0 bridgehead atoms. The van der Waals surface area contributed by atoms with Crippen molar-refractivity contribution < 1.29 is 0 Å². The Morgan fingerprint density at radius 1 is 1.06 bits per heavy atom. The molecule has 0 saturated heterocycles. The number of hydrogen-bond donors (Lipinski definition) is 2. The number of nitrogens with two attached hydrogens (primary N) is 1. The van der Waals surface area contributed by atoms with Crippen molar-refractivity contribution >= 4 is 5.96 Å². The van der Waals surface area contributed by atoms with Crippen LogP contribution in [0, 0.1) is 11.8 Å². The summed E-state index contributed by atoms with van der Waals surface area (Å²) < 4.78 is 0. The number of rotatable bonds is 7. The molecule has 0 aromatic rings. The highest BCUT2D eigenvalue weighted by molar-refractivity contribution is 5.78. The molecule has 0 saturated carbocycles. The summed E-state index contributed by atoms with van der Waals surface area (Å²) in [6.07, 6.45) is 3.70. The predicted octanol–water partition coefficient (Wildman–Crippen LogP) is 2.76. The second-order valence-corrected chi connectivity index (χ2v) is 5.49. The molecule has 1 unspecified atom stereocenters. The lowest BCUT2D eigenvalue weighted by Gasteiger charge is -2.15. The van der Waals surface area contributed by atoms with E-state index >= 15 is 0 Å². The Balaban J connectivity index is 3.69. The first kappa shape index (κ1) is 15.3. The zero-order chi connectivity index (χ0) is 12.6. The minimum absolute atomic E-state index is 0.426. The first-order valence-electron chi connectivity index (χ1n) is 6.48. The van der Waals surface area contributed by atoms with Crippen LogP contribution in [0.25, 0.3) is 0 Å². The molecule has 0 fully saturated rings. The van der Waals surface area contributed by atoms with Crippen molar-refractivity contribution in [3.8, 4) is 0 Å². The van der Waals surface area contributed by atoms with E-state index in [-0.39, 0.29) is 0 Å². The molecule has 0 aromatic carbocycles. The van der Waals surface area contributed by atoms with Crippen molar-refractivity contribution in [2.75, 3.05) is 6.54 Å². The summed E-state index contributed by atoms with van der Waals surface area (Å²) in [5.74, 6) is 1.95. The van der Waals surface area contributed by atoms with E-state index in [0.717, 1.165) is 18.9 Å². The molecule has 3 heteroatoms. The summed E-state index contributed by atoms with van der Waals surface area (Å²) in [6, 6.07) is 0.426. The average Bonchev–Trinajstić information content (AvgIpc) is 2.14. The molecule has 0 amide bonds. The van der Waals surface area contributed by atoms with Gasteiger partial charge in [0, 0.05) is 12.6 Å². The van der Waals surface area contributed by atoms with Crippen LogP contribution in [-0.2, 0) is 0 Å². The monoisotopic (exact) mass is 227 g/mol. The standard InChI is InChI=1S/C13H29N3/c1-10(2)7-6-8-12(5)16-13(14)15-9-11(3)4/h10-12H,6-9H2,1-5H3,(H3,14,15,16). The molecule has 3 nitrogen and oxygen atoms in total. The second-order valence-electron chi connectivity index (χ2n) is 5.49. The van der Waals surface area contributed by atoms with Crippen LogP contribution in [0.2, 0.25) is 0 Å². The van der Waals surface area contributed by atoms with Crippen molar-refractivity contribution in [2.45, 2.75) is 59.9 Å². The van der Waals surface area contributed by atoms with Gasteiger partial charge in [0.05, 0.1) is 0 Å². The van der Waals surface area contributed by atoms with E-state index in [1.54, 1.807) is 0 Å². The Labute approximate surface area is 101 Å². The molecule has 0 aliphatic carbocycles. The van der Waals surface area contributed by atoms with Crippen LogP contribution in [0.1, 0.15) is 53.9 Å². The maximum absolute atomic E-state index is 5.79. The number of nitrogens with one attached hydrogen (secondary N) is 1. The lowest BCUT2D eigenvalue weighted by Crippen LogP contribution is -2.38. The van der Waals surface area contributed by atoms with E-state index in [4.69, 9.17) is 5.73 Å². The fourth-order valence-electron chi connectivity index (χ4n) is 1.48. The zero-order valence-corrected chi connectivity index (χ0v) is 11.6. The SMILES string of the molecule is CC(C)CCCC(C)NC(N)=NCC(C)C. The van der Waals surface area contributed by atoms with E-state index in [2.05, 4.69) is 44.9 Å². The van der Waals surface area contributed by atoms with Gasteiger partial charge in [-0.25, -0.2) is 0 Å². The van der Waals surface area contributed by atoms with Crippen molar-refractivity contribution in [1.82, 2.24) is 5.32 Å². The van der Waals surface area contributed by atoms with Crippen molar-refractivity contribution in [1.29, 1.82) is 0 Å². The van der Waals surface area contributed by atoms with Crippen molar-refractivity contribution in [3.63, 3.8) is 0 Å². The molecule has 0 aliphatic rings. The van der Waals surface area contributed by atoms with Gasteiger partial charge < -0.3 is 11.1 Å². The number of hydrogen-bond acceptors (Lipinski definition) is 1. The molecule has 0 aromatic heterocycles. The van der Waals surface area contributed by atoms with E-state index in [0.29, 0.717) is 17.9 Å². The molecule has 0 radical (unpaired) electrons. The first-order valence-corrected chi connectivity index (χ1v) is 6.48. The number of nitrogens with zero attached hydrogens (tertiary/aromatic N) is 1. The normalized spacial score (nSPS) is 14.6. The van der Waals surface area contributed by atoms with Crippen LogP contribution in [0.15, 0.2) is 4.99 Å². The minimum atomic E-state index is 0.426. The quantitative estimate of drug-likeness (QED) is 0.519. The average molecular weight is 227 g/mol. The lowest BCUT2D eigenvalue weighted by molar-refractivity contribution is 0.493. The van der Waals surface area contributed by atoms with Crippen LogP contribution in [0.5, 0.6) is 0 Å². The van der Waals surface area contributed by atoms with Gasteiger partial charge in [-0.2, -0.15) is 0 Å². The van der Waals surface area contributed by atoms with E-state index in [1.165, 1.54) is 12.8 Å². The van der Waals surface area contributed by atoms with Gasteiger partial charge in [0.2, 0.25) is 0 Å². The van der Waals surface area contributed by atoms with Gasteiger partial charge in [0.25, 0.3) is 0 Å². The van der Waals surface area contributed by atoms with E-state index in [1.807, 2.05) is 0 Å². The third kappa shape index (κ3) is 9.81. The number of aliphatic imine (C=N–C) groups is 1. The Morgan fingerprint density at radius 3 is 2.19 bits per heavy atom. The first-order chi connectivity index (χ1) is 7.41. The summed E-state index contributed by atoms with van der Waals surface area (Å²) >= 11 is 0. The Morgan fingerprint density at radius 2 is 1.69 bits per heavy atom. The summed E-state index contributed by atoms with van der Waals surface area (Å²) in [5, 5.41) is 3.24. The largest absolute Gasteiger partial charge is 0.370 e. The molecule has 0 aliphatic heterocycles. The molecule has 96 valence electrons. The minimum Gasteiger partial charge on any atom is -0.370 e. The number of guanidine groups is 1. The highest BCUT2D eigenvalue weighted by Crippen LogP contribution is 2.07. The molecule has 0 spiro atoms. The maximum atomic E-state index is 5.79. The van der Waals surface area contributed by atoms with Gasteiger partial charge in [0.1, 0.15) is 0 Å². The highest BCUT2D eigenvalue weighted by atomic mass is 15.1. The van der Waals surface area contributed by atoms with Crippen LogP contribution in [0.3, 0.4) is 0 Å². The Hall–Kier alpha value is -0.730. The Kier molecular flexibility index (Phi) is 8.04. The van der Waals surface area contributed by atoms with Gasteiger partial charge in [-0.3, -0.25) is 4.99 Å². The molecule has 16 heavy (non-hydrogen) atoms. The summed E-state index contributed by atoms with van der Waals surface area (Å²) in [7, 11) is 0. The van der Waals surface area contributed by atoms with Gasteiger partial charge >= 0.3 is 0 Å². The third-order valence-electron chi connectivity index (χ3n) is 2.44. The molecule has 1 atom stereocenters. The topological polar surface area (TPSA) is 50.4 Å². The van der Waals surface area contributed by atoms with Gasteiger partial charge in [0.15, 0.2) is 5.96 Å². The second kappa shape index (κ2) is 8.43. The predicted molar refractivity (Wildman–Crippen MR) is 72.6 cm³/mol. The maximum Gasteiger partial charge on any atom is 0.188 e. The molecule has 0 heterocycles. The van der Waals surface area contributed by atoms with E-state index in [9.17, 15) is 0 Å². The van der Waals surface area contributed by atoms with Gasteiger partial charge in [-0.15, -0.1) is 0 Å². The van der Waals surface area contributed by atoms with Gasteiger partial charge in [-0.05, 0) is 25.2 Å². The lowest BCUT2D eigenvalue weighted by atomic mass is 10.0. The van der Waals surface area contributed by atoms with E-state index < -0.39 is 0 Å². The fourth-order valence-corrected chi connectivity index (χ4v) is 1.48. The van der Waals surface area contributed by atoms with Crippen LogP contribution in [0.4, 0.5) is 0 Å². The van der Waals surface area contributed by atoms with Crippen molar-refractivity contribution in [2.24, 2.45) is 22.6 Å². The molecular formula is C13H29N3. The highest BCUT2D eigenvalue weighted by Gasteiger charge is 2.03. The molecule has 0 rings (SSSR count). The fraction of sp³-hybridized carbons (Fsp3) is 0.923. The van der Waals surface area contributed by atoms with Crippen LogP contribution >= 0.6 is 0 Å². The molecular weight excluding hydrogens is 198 g/mol. The summed E-state index contributed by atoms with van der Waals surface area (Å²) in [6.45, 7) is 11.8. The van der Waals surface area contributed by atoms with Gasteiger partial charge in [-0.1, -0.05) is 40.5 Å². The zero-order valence-electron chi connectivity index (χ0n) is 11.6. The summed E-state index contributed by atoms with van der Waals surface area (Å²) in [5.41, 5.74) is 5.79. The Bertz CT molecular complexity index is 197. The van der Waals surface area contributed by atoms with Crippen LogP contribution in [-0.4, -0.2) is 18.5 Å². The molecule has 3 N–H and O–H groups in total. The van der Waals surface area contributed by atoms with Crippen LogP contribution < -0.4 is 11.1 Å². The summed E-state index contributed by atoms with van der Waals surface area (Å²) in [4.78, 5) is 4.29. The third-order valence-corrected chi connectivity index (χ3v) is 2.44. The van der Waals surface area contributed by atoms with Crippen molar-refractivity contribution in [3.05, 3.63) is 0 Å².